The molecule has 4 aromatic rings. The van der Waals surface area contributed by atoms with Crippen LogP contribution in [-0.4, -0.2) is 22.8 Å². The van der Waals surface area contributed by atoms with Crippen LogP contribution in [0.4, 0.5) is 5.69 Å². The van der Waals surface area contributed by atoms with Crippen LogP contribution in [0.2, 0.25) is 0 Å². The fraction of sp³-hybridized carbons (Fsp3) is 0.125. The number of thiophene rings is 1. The van der Waals surface area contributed by atoms with E-state index >= 15 is 0 Å². The SMILES string of the molecule is Cc1nc(-c2cccc(NC(=O)[C@@H](Cc3ccccc3)NC(=O)c3cccs3)c2)cs1. The zero-order valence-corrected chi connectivity index (χ0v) is 18.5. The van der Waals surface area contributed by atoms with Gasteiger partial charge in [0.15, 0.2) is 0 Å². The Bertz CT molecular complexity index is 1170. The quantitative estimate of drug-likeness (QED) is 0.411. The number of anilines is 1. The molecule has 2 N–H and O–H groups in total. The number of aryl methyl sites for hydroxylation is 1. The van der Waals surface area contributed by atoms with Crippen LogP contribution in [0.3, 0.4) is 0 Å². The van der Waals surface area contributed by atoms with Gasteiger partial charge in [0.1, 0.15) is 6.04 Å². The lowest BCUT2D eigenvalue weighted by Gasteiger charge is -2.18. The molecule has 4 rings (SSSR count). The second kappa shape index (κ2) is 9.68. The van der Waals surface area contributed by atoms with Gasteiger partial charge >= 0.3 is 0 Å². The Morgan fingerprint density at radius 2 is 1.84 bits per heavy atom. The molecule has 156 valence electrons. The Labute approximate surface area is 188 Å². The van der Waals surface area contributed by atoms with Crippen LogP contribution < -0.4 is 10.6 Å². The first-order valence-corrected chi connectivity index (χ1v) is 11.6. The average Bonchev–Trinajstić information content (AvgIpc) is 3.46. The van der Waals surface area contributed by atoms with Gasteiger partial charge in [0.05, 0.1) is 15.6 Å². The van der Waals surface area contributed by atoms with Crippen molar-refractivity contribution in [3.63, 3.8) is 0 Å². The zero-order valence-electron chi connectivity index (χ0n) is 16.9. The van der Waals surface area contributed by atoms with E-state index in [2.05, 4.69) is 15.6 Å². The standard InChI is InChI=1S/C24H21N3O2S2/c1-16-25-21(15-31-16)18-9-5-10-19(14-18)26-23(28)20(13-17-7-3-2-4-8-17)27-24(29)22-11-6-12-30-22/h2-12,14-15,20H,13H2,1H3,(H,26,28)(H,27,29)/t20-/m1/s1. The van der Waals surface area contributed by atoms with Gasteiger partial charge in [-0.2, -0.15) is 0 Å². The molecule has 0 aliphatic heterocycles. The molecular weight excluding hydrogens is 426 g/mol. The fourth-order valence-electron chi connectivity index (χ4n) is 3.18. The van der Waals surface area contributed by atoms with Gasteiger partial charge in [-0.05, 0) is 36.1 Å². The van der Waals surface area contributed by atoms with Crippen LogP contribution in [0.25, 0.3) is 11.3 Å². The maximum Gasteiger partial charge on any atom is 0.262 e. The summed E-state index contributed by atoms with van der Waals surface area (Å²) in [6.07, 6.45) is 0.398. The van der Waals surface area contributed by atoms with Gasteiger partial charge in [-0.1, -0.05) is 48.5 Å². The molecule has 1 atom stereocenters. The van der Waals surface area contributed by atoms with Crippen LogP contribution in [0, 0.1) is 6.92 Å². The van der Waals surface area contributed by atoms with Crippen molar-refractivity contribution in [3.05, 3.63) is 92.9 Å². The number of thiazole rings is 1. The molecule has 0 aliphatic rings. The first kappa shape index (κ1) is 21.0. The maximum absolute atomic E-state index is 13.1. The van der Waals surface area contributed by atoms with Crippen LogP contribution in [0.1, 0.15) is 20.2 Å². The largest absolute Gasteiger partial charge is 0.339 e. The lowest BCUT2D eigenvalue weighted by atomic mass is 10.0. The van der Waals surface area contributed by atoms with Gasteiger partial charge in [-0.25, -0.2) is 4.98 Å². The van der Waals surface area contributed by atoms with E-state index in [9.17, 15) is 9.59 Å². The predicted molar refractivity (Wildman–Crippen MR) is 127 cm³/mol. The number of nitrogens with one attached hydrogen (secondary N) is 2. The monoisotopic (exact) mass is 447 g/mol. The summed E-state index contributed by atoms with van der Waals surface area (Å²) in [7, 11) is 0. The first-order valence-electron chi connectivity index (χ1n) is 9.80. The van der Waals surface area contributed by atoms with E-state index in [1.807, 2.05) is 78.3 Å². The highest BCUT2D eigenvalue weighted by Gasteiger charge is 2.22. The third kappa shape index (κ3) is 5.45. The summed E-state index contributed by atoms with van der Waals surface area (Å²) < 4.78 is 0. The second-order valence-electron chi connectivity index (χ2n) is 7.01. The molecule has 0 radical (unpaired) electrons. The van der Waals surface area contributed by atoms with E-state index in [1.165, 1.54) is 11.3 Å². The molecule has 0 aliphatic carbocycles. The van der Waals surface area contributed by atoms with Gasteiger partial charge in [-0.3, -0.25) is 9.59 Å². The highest BCUT2D eigenvalue weighted by Crippen LogP contribution is 2.24. The number of nitrogens with zero attached hydrogens (tertiary/aromatic N) is 1. The fourth-order valence-corrected chi connectivity index (χ4v) is 4.43. The third-order valence-corrected chi connectivity index (χ3v) is 6.34. The molecule has 0 saturated carbocycles. The molecule has 2 aromatic heterocycles. The minimum Gasteiger partial charge on any atom is -0.339 e. The Morgan fingerprint density at radius 1 is 1.00 bits per heavy atom. The van der Waals surface area contributed by atoms with Crippen molar-refractivity contribution in [2.75, 3.05) is 5.32 Å². The van der Waals surface area contributed by atoms with Gasteiger partial charge in [0.25, 0.3) is 5.91 Å². The maximum atomic E-state index is 13.1. The van der Waals surface area contributed by atoms with Crippen molar-refractivity contribution in [1.82, 2.24) is 10.3 Å². The van der Waals surface area contributed by atoms with Crippen molar-refractivity contribution < 1.29 is 9.59 Å². The number of rotatable bonds is 7. The van der Waals surface area contributed by atoms with Crippen molar-refractivity contribution in [2.45, 2.75) is 19.4 Å². The highest BCUT2D eigenvalue weighted by molar-refractivity contribution is 7.12. The molecule has 2 aromatic carbocycles. The molecule has 31 heavy (non-hydrogen) atoms. The van der Waals surface area contributed by atoms with Gasteiger partial charge < -0.3 is 10.6 Å². The Balaban J connectivity index is 1.53. The predicted octanol–water partition coefficient (Wildman–Crippen LogP) is 5.16. The summed E-state index contributed by atoms with van der Waals surface area (Å²) >= 11 is 2.93. The third-order valence-electron chi connectivity index (χ3n) is 4.69. The molecule has 5 nitrogen and oxygen atoms in total. The summed E-state index contributed by atoms with van der Waals surface area (Å²) in [5.41, 5.74) is 3.45. The van der Waals surface area contributed by atoms with E-state index in [-0.39, 0.29) is 11.8 Å². The first-order chi connectivity index (χ1) is 15.1. The summed E-state index contributed by atoms with van der Waals surface area (Å²) in [5, 5.41) is 10.7. The minimum atomic E-state index is -0.706. The van der Waals surface area contributed by atoms with E-state index in [0.29, 0.717) is 17.0 Å². The van der Waals surface area contributed by atoms with Gasteiger partial charge in [-0.15, -0.1) is 22.7 Å². The lowest BCUT2D eigenvalue weighted by molar-refractivity contribution is -0.118. The van der Waals surface area contributed by atoms with Crippen molar-refractivity contribution >= 4 is 40.2 Å². The minimum absolute atomic E-state index is 0.252. The topological polar surface area (TPSA) is 71.1 Å². The second-order valence-corrected chi connectivity index (χ2v) is 9.02. The molecule has 7 heteroatoms. The number of hydrogen-bond donors (Lipinski definition) is 2. The van der Waals surface area contributed by atoms with Crippen LogP contribution >= 0.6 is 22.7 Å². The smallest absolute Gasteiger partial charge is 0.262 e. The molecule has 0 fully saturated rings. The normalized spacial score (nSPS) is 11.6. The van der Waals surface area contributed by atoms with Crippen LogP contribution in [0.5, 0.6) is 0 Å². The summed E-state index contributed by atoms with van der Waals surface area (Å²) in [6, 6.07) is 20.1. The number of amides is 2. The summed E-state index contributed by atoms with van der Waals surface area (Å²) in [5.74, 6) is -0.516. The van der Waals surface area contributed by atoms with E-state index in [4.69, 9.17) is 0 Å². The van der Waals surface area contributed by atoms with Crippen molar-refractivity contribution in [2.24, 2.45) is 0 Å². The van der Waals surface area contributed by atoms with Gasteiger partial charge in [0, 0.05) is 23.1 Å². The van der Waals surface area contributed by atoms with Crippen LogP contribution in [-0.2, 0) is 11.2 Å². The number of hydrogen-bond acceptors (Lipinski definition) is 5. The van der Waals surface area contributed by atoms with E-state index in [0.717, 1.165) is 21.8 Å². The Morgan fingerprint density at radius 3 is 2.55 bits per heavy atom. The zero-order chi connectivity index (χ0) is 21.6. The van der Waals surface area contributed by atoms with Crippen LogP contribution in [0.15, 0.2) is 77.5 Å². The molecule has 2 heterocycles. The molecule has 2 amide bonds. The highest BCUT2D eigenvalue weighted by atomic mass is 32.1. The average molecular weight is 448 g/mol. The Kier molecular flexibility index (Phi) is 6.54. The molecule has 0 unspecified atom stereocenters. The number of carbonyl (C=O) groups is 2. The molecular formula is C24H21N3O2S2. The molecule has 0 spiro atoms. The number of carbonyl (C=O) groups excluding carboxylic acids is 2. The van der Waals surface area contributed by atoms with E-state index < -0.39 is 6.04 Å². The Hall–Kier alpha value is -3.29. The molecule has 0 bridgehead atoms. The van der Waals surface area contributed by atoms with E-state index in [1.54, 1.807) is 17.4 Å². The lowest BCUT2D eigenvalue weighted by Crippen LogP contribution is -2.45. The summed E-state index contributed by atoms with van der Waals surface area (Å²) in [6.45, 7) is 1.96. The van der Waals surface area contributed by atoms with Crippen molar-refractivity contribution in [1.29, 1.82) is 0 Å². The summed E-state index contributed by atoms with van der Waals surface area (Å²) in [4.78, 5) is 30.8. The molecule has 0 saturated heterocycles. The van der Waals surface area contributed by atoms with Crippen molar-refractivity contribution in [3.8, 4) is 11.3 Å². The van der Waals surface area contributed by atoms with Gasteiger partial charge in [0.2, 0.25) is 5.91 Å². The number of aromatic nitrogens is 1. The number of benzene rings is 2.